The summed E-state index contributed by atoms with van der Waals surface area (Å²) in [4.78, 5) is 17.1. The van der Waals surface area contributed by atoms with Crippen LogP contribution >= 0.6 is 0 Å². The molecular weight excluding hydrogens is 381 g/mol. The Bertz CT molecular complexity index is 1180. The van der Waals surface area contributed by atoms with E-state index in [1.54, 1.807) is 18.3 Å². The van der Waals surface area contributed by atoms with Crippen molar-refractivity contribution < 1.29 is 9.18 Å². The molecule has 0 radical (unpaired) electrons. The van der Waals surface area contributed by atoms with Crippen molar-refractivity contribution in [1.29, 1.82) is 0 Å². The summed E-state index contributed by atoms with van der Waals surface area (Å²) < 4.78 is 17.2. The number of hydrogen-bond donors (Lipinski definition) is 1. The smallest absolute Gasteiger partial charge is 0.240 e. The number of carbonyl (C=O) groups is 1. The van der Waals surface area contributed by atoms with Gasteiger partial charge in [-0.05, 0) is 74.4 Å². The SMILES string of the molecule is Cc1cc(C)n(CCCNC(=O)Cn2c(-c3ccc(F)cc3)cc3cccnc32)n1. The van der Waals surface area contributed by atoms with E-state index >= 15 is 0 Å². The highest BCUT2D eigenvalue weighted by atomic mass is 19.1. The highest BCUT2D eigenvalue weighted by molar-refractivity contribution is 5.87. The van der Waals surface area contributed by atoms with Crippen LogP contribution in [0.1, 0.15) is 17.8 Å². The number of benzene rings is 1. The summed E-state index contributed by atoms with van der Waals surface area (Å²) in [6.07, 6.45) is 2.50. The van der Waals surface area contributed by atoms with E-state index in [2.05, 4.69) is 15.4 Å². The quantitative estimate of drug-likeness (QED) is 0.475. The van der Waals surface area contributed by atoms with E-state index in [-0.39, 0.29) is 18.3 Å². The third kappa shape index (κ3) is 4.25. The van der Waals surface area contributed by atoms with Crippen LogP contribution in [0.15, 0.2) is 54.7 Å². The second kappa shape index (κ2) is 8.49. The lowest BCUT2D eigenvalue weighted by molar-refractivity contribution is -0.121. The molecule has 0 saturated carbocycles. The van der Waals surface area contributed by atoms with Gasteiger partial charge in [-0.2, -0.15) is 5.10 Å². The van der Waals surface area contributed by atoms with Gasteiger partial charge in [0.1, 0.15) is 18.0 Å². The molecule has 0 aliphatic carbocycles. The molecule has 0 unspecified atom stereocenters. The molecule has 0 atom stereocenters. The summed E-state index contributed by atoms with van der Waals surface area (Å²) in [5.41, 5.74) is 4.52. The summed E-state index contributed by atoms with van der Waals surface area (Å²) in [7, 11) is 0. The van der Waals surface area contributed by atoms with Gasteiger partial charge >= 0.3 is 0 Å². The average molecular weight is 405 g/mol. The number of rotatable bonds is 7. The van der Waals surface area contributed by atoms with E-state index in [4.69, 9.17) is 0 Å². The topological polar surface area (TPSA) is 64.7 Å². The summed E-state index contributed by atoms with van der Waals surface area (Å²) in [5.74, 6) is -0.380. The first-order valence-corrected chi connectivity index (χ1v) is 9.99. The molecule has 6 nitrogen and oxygen atoms in total. The number of aryl methyl sites for hydroxylation is 3. The lowest BCUT2D eigenvalue weighted by Gasteiger charge is -2.11. The Balaban J connectivity index is 1.46. The van der Waals surface area contributed by atoms with Crippen LogP contribution < -0.4 is 5.32 Å². The second-order valence-electron chi connectivity index (χ2n) is 7.39. The van der Waals surface area contributed by atoms with E-state index in [0.29, 0.717) is 6.54 Å². The molecule has 4 rings (SSSR count). The number of aromatic nitrogens is 4. The zero-order valence-electron chi connectivity index (χ0n) is 17.1. The largest absolute Gasteiger partial charge is 0.354 e. The number of nitrogens with zero attached hydrogens (tertiary/aromatic N) is 4. The minimum absolute atomic E-state index is 0.0881. The van der Waals surface area contributed by atoms with E-state index in [1.165, 1.54) is 12.1 Å². The van der Waals surface area contributed by atoms with Crippen LogP contribution in [0.4, 0.5) is 4.39 Å². The maximum atomic E-state index is 13.3. The predicted octanol–water partition coefficient (Wildman–Crippen LogP) is 3.86. The molecule has 0 aliphatic rings. The molecule has 1 amide bonds. The van der Waals surface area contributed by atoms with Gasteiger partial charge in [0.2, 0.25) is 5.91 Å². The lowest BCUT2D eigenvalue weighted by atomic mass is 10.1. The van der Waals surface area contributed by atoms with Gasteiger partial charge in [-0.1, -0.05) is 0 Å². The fourth-order valence-corrected chi connectivity index (χ4v) is 3.66. The van der Waals surface area contributed by atoms with Crippen molar-refractivity contribution in [2.24, 2.45) is 0 Å². The fraction of sp³-hybridized carbons (Fsp3) is 0.261. The third-order valence-electron chi connectivity index (χ3n) is 5.07. The first-order chi connectivity index (χ1) is 14.5. The standard InChI is InChI=1S/C23H24FN5O/c1-16-13-17(2)29(27-16)12-4-11-25-22(30)15-28-21(18-6-8-20(24)9-7-18)14-19-5-3-10-26-23(19)28/h3,5-10,13-14H,4,11-12,15H2,1-2H3,(H,25,30). The van der Waals surface area contributed by atoms with E-state index in [0.717, 1.165) is 46.6 Å². The minimum atomic E-state index is -0.292. The summed E-state index contributed by atoms with van der Waals surface area (Å²) in [6, 6.07) is 14.1. The predicted molar refractivity (Wildman–Crippen MR) is 114 cm³/mol. The Hall–Kier alpha value is -3.48. The molecular formula is C23H24FN5O. The maximum Gasteiger partial charge on any atom is 0.240 e. The molecule has 4 aromatic rings. The zero-order valence-corrected chi connectivity index (χ0v) is 17.1. The molecule has 0 saturated heterocycles. The van der Waals surface area contributed by atoms with Gasteiger partial charge in [-0.25, -0.2) is 9.37 Å². The molecule has 7 heteroatoms. The number of nitrogens with one attached hydrogen (secondary N) is 1. The first-order valence-electron chi connectivity index (χ1n) is 9.99. The maximum absolute atomic E-state index is 13.3. The van der Waals surface area contributed by atoms with E-state index < -0.39 is 0 Å². The monoisotopic (exact) mass is 405 g/mol. The van der Waals surface area contributed by atoms with Crippen LogP contribution in [-0.2, 0) is 17.9 Å². The van der Waals surface area contributed by atoms with Crippen molar-refractivity contribution in [3.63, 3.8) is 0 Å². The molecule has 3 heterocycles. The van der Waals surface area contributed by atoms with Crippen LogP contribution in [0.2, 0.25) is 0 Å². The van der Waals surface area contributed by atoms with Crippen molar-refractivity contribution in [3.05, 3.63) is 71.9 Å². The molecule has 0 bridgehead atoms. The minimum Gasteiger partial charge on any atom is -0.354 e. The molecule has 0 spiro atoms. The summed E-state index contributed by atoms with van der Waals surface area (Å²) in [5, 5.41) is 8.36. The van der Waals surface area contributed by atoms with Crippen LogP contribution in [-0.4, -0.2) is 31.8 Å². The number of hydrogen-bond acceptors (Lipinski definition) is 3. The van der Waals surface area contributed by atoms with Crippen LogP contribution in [0.25, 0.3) is 22.3 Å². The van der Waals surface area contributed by atoms with Gasteiger partial charge in [0, 0.05) is 30.4 Å². The Morgan fingerprint density at radius 2 is 1.93 bits per heavy atom. The van der Waals surface area contributed by atoms with Crippen molar-refractivity contribution in [2.75, 3.05) is 6.54 Å². The first kappa shape index (κ1) is 19.8. The summed E-state index contributed by atoms with van der Waals surface area (Å²) in [6.45, 7) is 5.47. The Labute approximate surface area is 174 Å². The number of pyridine rings is 1. The van der Waals surface area contributed by atoms with Crippen LogP contribution in [0.5, 0.6) is 0 Å². The fourth-order valence-electron chi connectivity index (χ4n) is 3.66. The molecule has 0 aliphatic heterocycles. The van der Waals surface area contributed by atoms with Gasteiger partial charge in [0.15, 0.2) is 0 Å². The third-order valence-corrected chi connectivity index (χ3v) is 5.07. The van der Waals surface area contributed by atoms with Gasteiger partial charge in [-0.3, -0.25) is 9.48 Å². The van der Waals surface area contributed by atoms with Gasteiger partial charge < -0.3 is 9.88 Å². The van der Waals surface area contributed by atoms with Gasteiger partial charge in [-0.15, -0.1) is 0 Å². The number of amides is 1. The number of carbonyl (C=O) groups excluding carboxylic acids is 1. The van der Waals surface area contributed by atoms with Crippen molar-refractivity contribution in [2.45, 2.75) is 33.4 Å². The van der Waals surface area contributed by atoms with Crippen LogP contribution in [0.3, 0.4) is 0 Å². The molecule has 154 valence electrons. The van der Waals surface area contributed by atoms with Crippen LogP contribution in [0, 0.1) is 19.7 Å². The van der Waals surface area contributed by atoms with Gasteiger partial charge in [0.25, 0.3) is 0 Å². The Kier molecular flexibility index (Phi) is 5.61. The normalized spacial score (nSPS) is 11.2. The highest BCUT2D eigenvalue weighted by Crippen LogP contribution is 2.27. The Morgan fingerprint density at radius 1 is 1.13 bits per heavy atom. The van der Waals surface area contributed by atoms with E-state index in [9.17, 15) is 9.18 Å². The van der Waals surface area contributed by atoms with Crippen molar-refractivity contribution in [3.8, 4) is 11.3 Å². The number of fused-ring (bicyclic) bond motifs is 1. The van der Waals surface area contributed by atoms with Gasteiger partial charge in [0.05, 0.1) is 11.4 Å². The molecule has 3 aromatic heterocycles. The molecule has 1 N–H and O–H groups in total. The molecule has 1 aromatic carbocycles. The zero-order chi connectivity index (χ0) is 21.1. The second-order valence-corrected chi connectivity index (χ2v) is 7.39. The lowest BCUT2D eigenvalue weighted by Crippen LogP contribution is -2.29. The van der Waals surface area contributed by atoms with E-state index in [1.807, 2.05) is 47.4 Å². The molecule has 0 fully saturated rings. The Morgan fingerprint density at radius 3 is 2.67 bits per heavy atom. The average Bonchev–Trinajstić information content (AvgIpc) is 3.25. The van der Waals surface area contributed by atoms with Crippen molar-refractivity contribution in [1.82, 2.24) is 24.6 Å². The summed E-state index contributed by atoms with van der Waals surface area (Å²) >= 11 is 0. The number of halogens is 1. The molecule has 30 heavy (non-hydrogen) atoms. The highest BCUT2D eigenvalue weighted by Gasteiger charge is 2.14. The van der Waals surface area contributed by atoms with Crippen molar-refractivity contribution >= 4 is 16.9 Å².